The van der Waals surface area contributed by atoms with E-state index < -0.39 is 92.2 Å². The molecule has 0 saturated heterocycles. The molecule has 0 spiro atoms. The average molecular weight is 530 g/mol. The van der Waals surface area contributed by atoms with Gasteiger partial charge in [-0.1, -0.05) is 0 Å². The van der Waals surface area contributed by atoms with Gasteiger partial charge in [-0.05, 0) is 44.5 Å². The van der Waals surface area contributed by atoms with E-state index in [0.717, 1.165) is 6.07 Å². The summed E-state index contributed by atoms with van der Waals surface area (Å²) in [6, 6.07) is 0.0317. The number of allylic oxidation sites excluding steroid dienone is 1. The number of hydrogen-bond donors (Lipinski definition) is 6. The van der Waals surface area contributed by atoms with Crippen LogP contribution in [0.1, 0.15) is 32.7 Å². The molecule has 4 atom stereocenters. The highest BCUT2D eigenvalue weighted by molar-refractivity contribution is 6.41. The second kappa shape index (κ2) is 8.67. The molecule has 38 heavy (non-hydrogen) atoms. The number of carboxylic acids is 1. The van der Waals surface area contributed by atoms with E-state index in [2.05, 4.69) is 0 Å². The van der Waals surface area contributed by atoms with Gasteiger partial charge in [-0.25, -0.2) is 4.79 Å². The molecule has 0 bridgehead atoms. The zero-order valence-corrected chi connectivity index (χ0v) is 21.0. The minimum absolute atomic E-state index is 0.00282. The lowest BCUT2D eigenvalue weighted by Gasteiger charge is -2.50. The Bertz CT molecular complexity index is 1410. The number of ketones is 3. The van der Waals surface area contributed by atoms with Gasteiger partial charge in [0.25, 0.3) is 11.7 Å². The smallest absolute Gasteiger partial charge is 0.377 e. The van der Waals surface area contributed by atoms with E-state index in [1.165, 1.54) is 23.9 Å². The van der Waals surface area contributed by atoms with Crippen LogP contribution in [0.15, 0.2) is 28.7 Å². The minimum atomic E-state index is -2.81. The average Bonchev–Trinajstić information content (AvgIpc) is 2.80. The van der Waals surface area contributed by atoms with Gasteiger partial charge in [-0.15, -0.1) is 0 Å². The number of aliphatic hydroxyl groups excluding tert-OH is 2. The van der Waals surface area contributed by atoms with Crippen LogP contribution >= 0.6 is 0 Å². The summed E-state index contributed by atoms with van der Waals surface area (Å²) in [5, 5.41) is 53.8. The van der Waals surface area contributed by atoms with E-state index in [-0.39, 0.29) is 24.1 Å². The summed E-state index contributed by atoms with van der Waals surface area (Å²) in [6.45, 7) is 0. The Morgan fingerprint density at radius 3 is 2.18 bits per heavy atom. The van der Waals surface area contributed by atoms with Gasteiger partial charge in [0, 0.05) is 31.3 Å². The number of carboxylic acid groups (broad SMARTS) is 1. The highest BCUT2D eigenvalue weighted by Crippen LogP contribution is 2.53. The number of carbonyl (C=O) groups is 5. The van der Waals surface area contributed by atoms with Crippen LogP contribution in [0.25, 0.3) is 0 Å². The standard InChI is InChI=1S/C25H27N3O10/c1-27(2)12-7-10(18(30)24(36)37)17(29)14-9(12)5-8-6-11-16(28(3)4)20(32)15(23(26)35)22(34)25(11,38)21(33)13(8)19(14)31/h7-8,11,16,29,32-33,38H,5-6H2,1-4H3,(H2,26,35)(H,36,37)/t8-,11-,16-,25-/m0/s1. The number of amides is 1. The Kier molecular flexibility index (Phi) is 6.12. The molecule has 4 rings (SSSR count). The third-order valence-corrected chi connectivity index (χ3v) is 7.62. The minimum Gasteiger partial charge on any atom is -0.510 e. The van der Waals surface area contributed by atoms with Crippen LogP contribution in [-0.4, -0.2) is 99.5 Å². The van der Waals surface area contributed by atoms with Crippen molar-refractivity contribution in [2.45, 2.75) is 24.5 Å². The highest BCUT2D eigenvalue weighted by Gasteiger charge is 2.63. The fraction of sp³-hybridized carbons (Fsp3) is 0.400. The summed E-state index contributed by atoms with van der Waals surface area (Å²) in [5.41, 5.74) is 0.615. The summed E-state index contributed by atoms with van der Waals surface area (Å²) in [5.74, 6) is -11.7. The highest BCUT2D eigenvalue weighted by atomic mass is 16.4. The molecule has 0 unspecified atom stereocenters. The number of fused-ring (bicyclic) bond motifs is 3. The van der Waals surface area contributed by atoms with Crippen molar-refractivity contribution >= 4 is 34.9 Å². The molecule has 202 valence electrons. The van der Waals surface area contributed by atoms with Crippen molar-refractivity contribution in [1.82, 2.24) is 4.90 Å². The van der Waals surface area contributed by atoms with Crippen molar-refractivity contribution < 1.29 is 49.5 Å². The van der Waals surface area contributed by atoms with E-state index >= 15 is 0 Å². The number of nitrogens with zero attached hydrogens (tertiary/aromatic N) is 2. The molecular formula is C25H27N3O10. The third-order valence-electron chi connectivity index (χ3n) is 7.62. The van der Waals surface area contributed by atoms with Gasteiger partial charge in [-0.2, -0.15) is 0 Å². The lowest BCUT2D eigenvalue weighted by Crippen LogP contribution is -2.63. The predicted molar refractivity (Wildman–Crippen MR) is 130 cm³/mol. The van der Waals surface area contributed by atoms with Gasteiger partial charge in [0.15, 0.2) is 11.4 Å². The monoisotopic (exact) mass is 529 g/mol. The van der Waals surface area contributed by atoms with Crippen molar-refractivity contribution in [3.8, 4) is 5.75 Å². The maximum Gasteiger partial charge on any atom is 0.377 e. The van der Waals surface area contributed by atoms with Gasteiger partial charge in [0.1, 0.15) is 22.8 Å². The zero-order chi connectivity index (χ0) is 28.6. The Morgan fingerprint density at radius 1 is 1.08 bits per heavy atom. The fourth-order valence-electron chi connectivity index (χ4n) is 5.99. The topological polar surface area (TPSA) is 219 Å². The van der Waals surface area contributed by atoms with Gasteiger partial charge < -0.3 is 36.2 Å². The van der Waals surface area contributed by atoms with Crippen LogP contribution in [0.3, 0.4) is 0 Å². The second-order valence-electron chi connectivity index (χ2n) is 10.1. The Hall–Kier alpha value is -4.23. The van der Waals surface area contributed by atoms with Crippen LogP contribution in [0, 0.1) is 11.8 Å². The number of hydrogen-bond acceptors (Lipinski definition) is 11. The maximum absolute atomic E-state index is 13.8. The first-order valence-electron chi connectivity index (χ1n) is 11.6. The van der Waals surface area contributed by atoms with Crippen molar-refractivity contribution in [3.05, 3.63) is 45.4 Å². The molecule has 0 fully saturated rings. The van der Waals surface area contributed by atoms with Crippen molar-refractivity contribution in [2.24, 2.45) is 17.6 Å². The van der Waals surface area contributed by atoms with Crippen molar-refractivity contribution in [2.75, 3.05) is 33.1 Å². The number of phenolic OH excluding ortho intramolecular Hbond substituents is 1. The number of carbonyl (C=O) groups excluding carboxylic acids is 4. The number of anilines is 1. The number of benzene rings is 1. The van der Waals surface area contributed by atoms with Crippen LogP contribution in [0.5, 0.6) is 5.75 Å². The summed E-state index contributed by atoms with van der Waals surface area (Å²) in [7, 11) is 6.22. The van der Waals surface area contributed by atoms with Gasteiger partial charge in [0.05, 0.1) is 17.2 Å². The van der Waals surface area contributed by atoms with E-state index in [9.17, 15) is 49.5 Å². The summed E-state index contributed by atoms with van der Waals surface area (Å²) < 4.78 is 0. The quantitative estimate of drug-likeness (QED) is 0.161. The first-order valence-corrected chi connectivity index (χ1v) is 11.6. The molecule has 13 nitrogen and oxygen atoms in total. The Labute approximate surface area is 216 Å². The van der Waals surface area contributed by atoms with Crippen LogP contribution in [0.4, 0.5) is 5.69 Å². The number of aliphatic carboxylic acids is 1. The number of aliphatic hydroxyl groups is 3. The van der Waals surface area contributed by atoms with E-state index in [1.807, 2.05) is 0 Å². The molecule has 3 aliphatic carbocycles. The van der Waals surface area contributed by atoms with E-state index in [1.54, 1.807) is 14.1 Å². The zero-order valence-electron chi connectivity index (χ0n) is 21.0. The fourth-order valence-corrected chi connectivity index (χ4v) is 5.99. The third kappa shape index (κ3) is 3.42. The Morgan fingerprint density at radius 2 is 1.68 bits per heavy atom. The van der Waals surface area contributed by atoms with Gasteiger partial charge in [-0.3, -0.25) is 24.1 Å². The second-order valence-corrected chi connectivity index (χ2v) is 10.1. The normalized spacial score (nSPS) is 26.6. The summed E-state index contributed by atoms with van der Waals surface area (Å²) in [4.78, 5) is 65.7. The van der Waals surface area contributed by atoms with Crippen molar-refractivity contribution in [1.29, 1.82) is 0 Å². The van der Waals surface area contributed by atoms with Crippen molar-refractivity contribution in [3.63, 3.8) is 0 Å². The predicted octanol–water partition coefficient (Wildman–Crippen LogP) is -0.546. The molecule has 0 radical (unpaired) electrons. The van der Waals surface area contributed by atoms with Crippen LogP contribution in [0.2, 0.25) is 0 Å². The first-order chi connectivity index (χ1) is 17.6. The Balaban J connectivity index is 2.01. The molecule has 1 aromatic carbocycles. The van der Waals surface area contributed by atoms with Crippen LogP contribution < -0.4 is 10.6 Å². The largest absolute Gasteiger partial charge is 0.510 e. The molecule has 0 saturated carbocycles. The number of Topliss-reactive ketones (excluding diaryl/α,β-unsaturated/α-hetero) is 3. The summed E-state index contributed by atoms with van der Waals surface area (Å²) >= 11 is 0. The molecule has 13 heteroatoms. The molecule has 0 aromatic heterocycles. The SMILES string of the molecule is CN(C)c1cc(C(=O)C(=O)O)c(O)c2c1C[C@H]1C[C@H]3[C@H](N(C)C)C(O)=C(C(N)=O)C(=O)[C@@]3(O)C(O)=C1C2=O. The number of primary amides is 1. The maximum atomic E-state index is 13.8. The molecule has 3 aliphatic rings. The molecule has 0 aliphatic heterocycles. The number of phenols is 1. The molecule has 0 heterocycles. The molecule has 1 aromatic rings. The molecule has 1 amide bonds. The van der Waals surface area contributed by atoms with E-state index in [0.29, 0.717) is 0 Å². The lowest BCUT2D eigenvalue weighted by atomic mass is 9.58. The summed E-state index contributed by atoms with van der Waals surface area (Å²) in [6.07, 6.45) is -0.105. The van der Waals surface area contributed by atoms with E-state index in [4.69, 9.17) is 5.73 Å². The molecular weight excluding hydrogens is 502 g/mol. The van der Waals surface area contributed by atoms with Gasteiger partial charge in [0.2, 0.25) is 5.78 Å². The molecule has 7 N–H and O–H groups in total. The number of rotatable bonds is 5. The van der Waals surface area contributed by atoms with Gasteiger partial charge >= 0.3 is 5.97 Å². The van der Waals surface area contributed by atoms with Crippen LogP contribution in [-0.2, 0) is 20.8 Å². The number of aromatic hydroxyl groups is 1. The number of nitrogens with two attached hydrogens (primary N) is 1. The first kappa shape index (κ1) is 26.8. The number of likely N-dealkylation sites (N-methyl/N-ethyl adjacent to an activating group) is 1. The lowest BCUT2D eigenvalue weighted by molar-refractivity contribution is -0.148.